The number of allylic oxidation sites excluding steroid dienone is 2. The fourth-order valence-corrected chi connectivity index (χ4v) is 6.86. The molecule has 0 saturated carbocycles. The van der Waals surface area contributed by atoms with Crippen LogP contribution >= 0.6 is 0 Å². The molecule has 3 heterocycles. The monoisotopic (exact) mass is 540 g/mol. The molecular weight excluding hydrogens is 508 g/mol. The van der Waals surface area contributed by atoms with E-state index in [1.54, 1.807) is 45.0 Å². The Labute approximate surface area is 221 Å². The van der Waals surface area contributed by atoms with Gasteiger partial charge in [-0.1, -0.05) is 6.08 Å². The van der Waals surface area contributed by atoms with Gasteiger partial charge in [0.1, 0.15) is 18.1 Å². The number of sulfonamides is 1. The molecular formula is C27H32N4O6S. The molecule has 0 amide bonds. The first-order chi connectivity index (χ1) is 18.1. The molecule has 1 saturated heterocycles. The van der Waals surface area contributed by atoms with Crippen LogP contribution in [-0.2, 0) is 33.1 Å². The molecule has 0 spiro atoms. The Hall–Kier alpha value is -3.57. The number of carboxylic acid groups (broad SMARTS) is 1. The topological polar surface area (TPSA) is 116 Å². The van der Waals surface area contributed by atoms with Crippen LogP contribution in [0.3, 0.4) is 0 Å². The van der Waals surface area contributed by atoms with Gasteiger partial charge in [0.25, 0.3) is 0 Å². The van der Waals surface area contributed by atoms with Crippen LogP contribution in [0.15, 0.2) is 60.6 Å². The van der Waals surface area contributed by atoms with E-state index in [2.05, 4.69) is 5.10 Å². The maximum absolute atomic E-state index is 13.4. The molecule has 11 heteroatoms. The summed E-state index contributed by atoms with van der Waals surface area (Å²) in [5.74, 6) is 0.816. The van der Waals surface area contributed by atoms with Gasteiger partial charge in [0.15, 0.2) is 0 Å². The summed E-state index contributed by atoms with van der Waals surface area (Å²) < 4.78 is 43.3. The summed E-state index contributed by atoms with van der Waals surface area (Å²) in [6.07, 6.45) is 9.82. The van der Waals surface area contributed by atoms with Crippen LogP contribution in [0.5, 0.6) is 11.6 Å². The van der Waals surface area contributed by atoms with E-state index in [9.17, 15) is 18.3 Å². The molecule has 2 atom stereocenters. The van der Waals surface area contributed by atoms with Gasteiger partial charge in [-0.05, 0) is 56.5 Å². The first-order valence-corrected chi connectivity index (χ1v) is 14.2. The van der Waals surface area contributed by atoms with Crippen molar-refractivity contribution in [2.24, 2.45) is 7.05 Å². The van der Waals surface area contributed by atoms with Crippen molar-refractivity contribution in [2.45, 2.75) is 50.5 Å². The highest BCUT2D eigenvalue weighted by Gasteiger charge is 2.37. The fraction of sp³-hybridized carbons (Fsp3) is 0.407. The number of aliphatic carboxylic acids is 1. The number of aryl methyl sites for hydroxylation is 1. The molecule has 3 aromatic rings. The van der Waals surface area contributed by atoms with Crippen molar-refractivity contribution < 1.29 is 27.8 Å². The molecule has 202 valence electrons. The van der Waals surface area contributed by atoms with Gasteiger partial charge >= 0.3 is 5.97 Å². The predicted octanol–water partition coefficient (Wildman–Crippen LogP) is 4.01. The normalized spacial score (nSPS) is 20.3. The molecule has 1 aromatic carbocycles. The lowest BCUT2D eigenvalue weighted by molar-refractivity contribution is -0.137. The maximum atomic E-state index is 13.4. The first-order valence-electron chi connectivity index (χ1n) is 12.7. The van der Waals surface area contributed by atoms with E-state index in [4.69, 9.17) is 9.47 Å². The summed E-state index contributed by atoms with van der Waals surface area (Å²) in [6, 6.07) is 7.31. The number of aromatic nitrogens is 3. The van der Waals surface area contributed by atoms with Gasteiger partial charge < -0.3 is 19.1 Å². The molecule has 0 radical (unpaired) electrons. The zero-order chi connectivity index (χ0) is 27.0. The number of rotatable bonds is 9. The Morgan fingerprint density at radius 3 is 2.74 bits per heavy atom. The summed E-state index contributed by atoms with van der Waals surface area (Å²) in [4.78, 5) is 11.6. The quantitative estimate of drug-likeness (QED) is 0.436. The second-order valence-electron chi connectivity index (χ2n) is 9.98. The third kappa shape index (κ3) is 5.21. The second-order valence-corrected chi connectivity index (χ2v) is 12.1. The van der Waals surface area contributed by atoms with Gasteiger partial charge in [0, 0.05) is 49.8 Å². The third-order valence-electron chi connectivity index (χ3n) is 6.92. The third-order valence-corrected chi connectivity index (χ3v) is 9.09. The molecule has 0 bridgehead atoms. The summed E-state index contributed by atoms with van der Waals surface area (Å²) >= 11 is 0. The van der Waals surface area contributed by atoms with Crippen LogP contribution < -0.4 is 4.74 Å². The minimum atomic E-state index is -3.54. The largest absolute Gasteiger partial charge is 0.491 e. The van der Waals surface area contributed by atoms with Crippen molar-refractivity contribution in [3.8, 4) is 11.6 Å². The Kier molecular flexibility index (Phi) is 7.06. The van der Waals surface area contributed by atoms with Crippen molar-refractivity contribution in [1.82, 2.24) is 18.7 Å². The molecule has 1 N–H and O–H groups in total. The van der Waals surface area contributed by atoms with Gasteiger partial charge in [-0.15, -0.1) is 0 Å². The van der Waals surface area contributed by atoms with Crippen molar-refractivity contribution in [3.05, 3.63) is 66.2 Å². The molecule has 1 aliphatic carbocycles. The van der Waals surface area contributed by atoms with E-state index in [-0.39, 0.29) is 18.6 Å². The van der Waals surface area contributed by atoms with E-state index in [0.717, 1.165) is 16.5 Å². The van der Waals surface area contributed by atoms with Crippen LogP contribution in [0.1, 0.15) is 38.2 Å². The molecule has 10 nitrogen and oxygen atoms in total. The first kappa shape index (κ1) is 26.1. The van der Waals surface area contributed by atoms with Gasteiger partial charge in [-0.2, -0.15) is 5.10 Å². The minimum absolute atomic E-state index is 0.0273. The minimum Gasteiger partial charge on any atom is -0.491 e. The van der Waals surface area contributed by atoms with Crippen LogP contribution in [-0.4, -0.2) is 62.6 Å². The van der Waals surface area contributed by atoms with Crippen LogP contribution in [0.4, 0.5) is 0 Å². The lowest BCUT2D eigenvalue weighted by Gasteiger charge is -2.24. The lowest BCUT2D eigenvalue weighted by Crippen LogP contribution is -2.36. The zero-order valence-corrected chi connectivity index (χ0v) is 22.5. The Morgan fingerprint density at radius 1 is 1.26 bits per heavy atom. The molecule has 1 fully saturated rings. The van der Waals surface area contributed by atoms with Crippen molar-refractivity contribution >= 4 is 26.9 Å². The highest BCUT2D eigenvalue weighted by atomic mass is 32.2. The SMILES string of the molecule is CC(C)OC1=CCC(S(=O)(=O)N2CCC(c3cn(CC(=O)O)c4cc(Oc5ccnn5C)ccc34)C2)C=C1. The van der Waals surface area contributed by atoms with E-state index in [1.165, 1.54) is 0 Å². The van der Waals surface area contributed by atoms with Gasteiger partial charge in [0.05, 0.1) is 23.1 Å². The summed E-state index contributed by atoms with van der Waals surface area (Å²) in [5.41, 5.74) is 1.67. The summed E-state index contributed by atoms with van der Waals surface area (Å²) in [6.45, 7) is 4.43. The van der Waals surface area contributed by atoms with Crippen molar-refractivity contribution in [1.29, 1.82) is 0 Å². The zero-order valence-electron chi connectivity index (χ0n) is 21.6. The van der Waals surface area contributed by atoms with Gasteiger partial charge in [0.2, 0.25) is 15.9 Å². The molecule has 2 aromatic heterocycles. The predicted molar refractivity (Wildman–Crippen MR) is 143 cm³/mol. The molecule has 5 rings (SSSR count). The van der Waals surface area contributed by atoms with E-state index >= 15 is 0 Å². The van der Waals surface area contributed by atoms with Crippen LogP contribution in [0.2, 0.25) is 0 Å². The number of nitrogens with zero attached hydrogens (tertiary/aromatic N) is 4. The van der Waals surface area contributed by atoms with E-state index < -0.39 is 21.2 Å². The lowest BCUT2D eigenvalue weighted by atomic mass is 9.98. The van der Waals surface area contributed by atoms with Crippen LogP contribution in [0, 0.1) is 0 Å². The summed E-state index contributed by atoms with van der Waals surface area (Å²) in [7, 11) is -1.77. The standard InChI is InChI=1S/C27H32N4O6S/c1-18(2)36-20-4-7-22(8-5-20)38(34,35)31-13-11-19(15-31)24-16-30(17-27(32)33)25-14-21(6-9-23(24)25)37-26-10-12-28-29(26)3/h4-7,9-10,12,14,16,18-19,22H,8,11,13,15,17H2,1-3H3,(H,32,33). The number of benzene rings is 1. The van der Waals surface area contributed by atoms with Gasteiger partial charge in [-0.3, -0.25) is 4.79 Å². The van der Waals surface area contributed by atoms with Crippen molar-refractivity contribution in [3.63, 3.8) is 0 Å². The molecule has 38 heavy (non-hydrogen) atoms. The average molecular weight is 541 g/mol. The molecule has 2 aliphatic rings. The molecule has 1 aliphatic heterocycles. The van der Waals surface area contributed by atoms with E-state index in [0.29, 0.717) is 43.3 Å². The number of carbonyl (C=O) groups is 1. The van der Waals surface area contributed by atoms with Crippen LogP contribution in [0.25, 0.3) is 10.9 Å². The Morgan fingerprint density at radius 2 is 2.08 bits per heavy atom. The number of hydrogen-bond acceptors (Lipinski definition) is 6. The maximum Gasteiger partial charge on any atom is 0.323 e. The Balaban J connectivity index is 1.37. The number of ether oxygens (including phenoxy) is 2. The Bertz CT molecular complexity index is 1520. The van der Waals surface area contributed by atoms with Crippen molar-refractivity contribution in [2.75, 3.05) is 13.1 Å². The fourth-order valence-electron chi connectivity index (χ4n) is 5.11. The number of carboxylic acids is 1. The smallest absolute Gasteiger partial charge is 0.323 e. The van der Waals surface area contributed by atoms with E-state index in [1.807, 2.05) is 44.3 Å². The average Bonchev–Trinajstić information content (AvgIpc) is 3.59. The molecule has 2 unspecified atom stereocenters. The highest BCUT2D eigenvalue weighted by molar-refractivity contribution is 7.89. The van der Waals surface area contributed by atoms with Gasteiger partial charge in [-0.25, -0.2) is 17.4 Å². The second kappa shape index (κ2) is 10.3. The summed E-state index contributed by atoms with van der Waals surface area (Å²) in [5, 5.41) is 13.9. The number of fused-ring (bicyclic) bond motifs is 1. The highest BCUT2D eigenvalue weighted by Crippen LogP contribution is 2.38. The number of hydrogen-bond donors (Lipinski definition) is 1.